The lowest BCUT2D eigenvalue weighted by atomic mass is 10.2. The molecule has 0 radical (unpaired) electrons. The number of nitrogens with zero attached hydrogens (tertiary/aromatic N) is 2. The summed E-state index contributed by atoms with van der Waals surface area (Å²) in [5.74, 6) is 0. The van der Waals surface area contributed by atoms with Gasteiger partial charge in [0.25, 0.3) is 10.0 Å². The molecule has 0 saturated carbocycles. The van der Waals surface area contributed by atoms with E-state index in [0.717, 1.165) is 5.69 Å². The average Bonchev–Trinajstić information content (AvgIpc) is 3.05. The van der Waals surface area contributed by atoms with Crippen molar-refractivity contribution in [2.24, 2.45) is 0 Å². The first-order valence-electron chi connectivity index (χ1n) is 6.72. The van der Waals surface area contributed by atoms with Gasteiger partial charge in [-0.15, -0.1) is 11.3 Å². The van der Waals surface area contributed by atoms with Gasteiger partial charge in [0.2, 0.25) is 0 Å². The van der Waals surface area contributed by atoms with Gasteiger partial charge in [-0.1, -0.05) is 29.3 Å². The Morgan fingerprint density at radius 3 is 2.41 bits per heavy atom. The van der Waals surface area contributed by atoms with Gasteiger partial charge in [0, 0.05) is 31.2 Å². The second-order valence-corrected chi connectivity index (χ2v) is 8.88. The van der Waals surface area contributed by atoms with Crippen molar-refractivity contribution in [3.63, 3.8) is 0 Å². The second-order valence-electron chi connectivity index (χ2n) is 4.92. The summed E-state index contributed by atoms with van der Waals surface area (Å²) in [6.07, 6.45) is 0. The van der Waals surface area contributed by atoms with E-state index in [4.69, 9.17) is 23.2 Å². The summed E-state index contributed by atoms with van der Waals surface area (Å²) in [7, 11) is -3.38. The summed E-state index contributed by atoms with van der Waals surface area (Å²) in [5, 5.41) is 3.02. The van der Waals surface area contributed by atoms with E-state index >= 15 is 0 Å². The van der Waals surface area contributed by atoms with Gasteiger partial charge in [-0.25, -0.2) is 8.42 Å². The number of anilines is 1. The van der Waals surface area contributed by atoms with E-state index < -0.39 is 10.0 Å². The fraction of sp³-hybridized carbons (Fsp3) is 0.286. The number of rotatable bonds is 3. The van der Waals surface area contributed by atoms with Crippen LogP contribution in [-0.2, 0) is 10.0 Å². The van der Waals surface area contributed by atoms with Crippen molar-refractivity contribution in [1.29, 1.82) is 0 Å². The Hall–Kier alpha value is -0.790. The molecule has 1 aliphatic rings. The molecule has 22 heavy (non-hydrogen) atoms. The van der Waals surface area contributed by atoms with Crippen LogP contribution >= 0.6 is 34.5 Å². The van der Waals surface area contributed by atoms with E-state index in [1.807, 2.05) is 6.07 Å². The highest BCUT2D eigenvalue weighted by atomic mass is 35.5. The summed E-state index contributed by atoms with van der Waals surface area (Å²) in [5.41, 5.74) is 0.849. The third kappa shape index (κ3) is 3.12. The van der Waals surface area contributed by atoms with E-state index in [2.05, 4.69) is 4.90 Å². The van der Waals surface area contributed by atoms with Gasteiger partial charge in [0.15, 0.2) is 0 Å². The molecule has 3 rings (SSSR count). The topological polar surface area (TPSA) is 40.6 Å². The van der Waals surface area contributed by atoms with Gasteiger partial charge in [-0.3, -0.25) is 0 Å². The first kappa shape index (κ1) is 16.1. The Balaban J connectivity index is 1.74. The van der Waals surface area contributed by atoms with E-state index in [1.54, 1.807) is 29.6 Å². The zero-order valence-corrected chi connectivity index (χ0v) is 14.7. The van der Waals surface area contributed by atoms with Gasteiger partial charge < -0.3 is 4.90 Å². The SMILES string of the molecule is O=S(=O)(c1cccs1)N1CCN(c2cc(Cl)ccc2Cl)CC1. The molecule has 2 aromatic rings. The molecule has 0 aliphatic carbocycles. The highest BCUT2D eigenvalue weighted by Gasteiger charge is 2.29. The lowest BCUT2D eigenvalue weighted by molar-refractivity contribution is 0.386. The van der Waals surface area contributed by atoms with Crippen LogP contribution in [0.2, 0.25) is 10.0 Å². The van der Waals surface area contributed by atoms with Crippen LogP contribution in [0.4, 0.5) is 5.69 Å². The third-order valence-electron chi connectivity index (χ3n) is 3.58. The molecule has 2 heterocycles. The zero-order chi connectivity index (χ0) is 15.7. The van der Waals surface area contributed by atoms with E-state index in [-0.39, 0.29) is 0 Å². The van der Waals surface area contributed by atoms with Gasteiger partial charge in [-0.2, -0.15) is 4.31 Å². The molecule has 1 saturated heterocycles. The quantitative estimate of drug-likeness (QED) is 0.821. The highest BCUT2D eigenvalue weighted by molar-refractivity contribution is 7.91. The van der Waals surface area contributed by atoms with Crippen molar-refractivity contribution in [2.45, 2.75) is 4.21 Å². The van der Waals surface area contributed by atoms with Gasteiger partial charge >= 0.3 is 0 Å². The summed E-state index contributed by atoms with van der Waals surface area (Å²) < 4.78 is 26.9. The second kappa shape index (κ2) is 6.37. The standard InChI is InChI=1S/C14H14Cl2N2O2S2/c15-11-3-4-12(16)13(10-11)17-5-7-18(8-6-17)22(19,20)14-2-1-9-21-14/h1-4,9-10H,5-8H2. The van der Waals surface area contributed by atoms with Crippen LogP contribution in [-0.4, -0.2) is 38.9 Å². The average molecular weight is 377 g/mol. The Bertz CT molecular complexity index is 755. The minimum atomic E-state index is -3.38. The number of sulfonamides is 1. The molecule has 118 valence electrons. The van der Waals surface area contributed by atoms with Gasteiger partial charge in [-0.05, 0) is 29.6 Å². The van der Waals surface area contributed by atoms with Crippen LogP contribution in [0, 0.1) is 0 Å². The Morgan fingerprint density at radius 1 is 1.05 bits per heavy atom. The number of hydrogen-bond acceptors (Lipinski definition) is 4. The largest absolute Gasteiger partial charge is 0.368 e. The molecule has 0 N–H and O–H groups in total. The maximum Gasteiger partial charge on any atom is 0.252 e. The molecular weight excluding hydrogens is 363 g/mol. The highest BCUT2D eigenvalue weighted by Crippen LogP contribution is 2.30. The number of piperazine rings is 1. The van der Waals surface area contributed by atoms with Gasteiger partial charge in [0.1, 0.15) is 4.21 Å². The maximum absolute atomic E-state index is 12.5. The molecule has 1 aromatic carbocycles. The predicted octanol–water partition coefficient (Wildman–Crippen LogP) is 3.57. The molecule has 0 atom stereocenters. The van der Waals surface area contributed by atoms with Crippen LogP contribution in [0.15, 0.2) is 39.9 Å². The number of thiophene rings is 1. The minimum Gasteiger partial charge on any atom is -0.368 e. The maximum atomic E-state index is 12.5. The minimum absolute atomic E-state index is 0.390. The Kier molecular flexibility index (Phi) is 4.66. The van der Waals surface area contributed by atoms with Gasteiger partial charge in [0.05, 0.1) is 10.7 Å². The summed E-state index contributed by atoms with van der Waals surface area (Å²) in [6, 6.07) is 8.70. The van der Waals surface area contributed by atoms with Crippen LogP contribution in [0.5, 0.6) is 0 Å². The van der Waals surface area contributed by atoms with E-state index in [1.165, 1.54) is 15.6 Å². The Morgan fingerprint density at radius 2 is 1.77 bits per heavy atom. The van der Waals surface area contributed by atoms with Crippen LogP contribution < -0.4 is 4.90 Å². The predicted molar refractivity (Wildman–Crippen MR) is 91.8 cm³/mol. The van der Waals surface area contributed by atoms with Crippen molar-refractivity contribution in [3.05, 3.63) is 45.8 Å². The summed E-state index contributed by atoms with van der Waals surface area (Å²) in [6.45, 7) is 2.04. The molecule has 0 amide bonds. The number of halogens is 2. The number of hydrogen-bond donors (Lipinski definition) is 0. The fourth-order valence-electron chi connectivity index (χ4n) is 2.44. The monoisotopic (exact) mass is 376 g/mol. The molecule has 0 bridgehead atoms. The summed E-state index contributed by atoms with van der Waals surface area (Å²) >= 11 is 13.5. The zero-order valence-electron chi connectivity index (χ0n) is 11.6. The molecule has 1 aliphatic heterocycles. The molecular formula is C14H14Cl2N2O2S2. The lowest BCUT2D eigenvalue weighted by Gasteiger charge is -2.35. The fourth-order valence-corrected chi connectivity index (χ4v) is 5.41. The molecule has 0 spiro atoms. The smallest absolute Gasteiger partial charge is 0.252 e. The van der Waals surface area contributed by atoms with Crippen molar-refractivity contribution in [3.8, 4) is 0 Å². The van der Waals surface area contributed by atoms with Crippen molar-refractivity contribution < 1.29 is 8.42 Å². The molecule has 1 aromatic heterocycles. The molecule has 0 unspecified atom stereocenters. The van der Waals surface area contributed by atoms with Crippen molar-refractivity contribution in [1.82, 2.24) is 4.31 Å². The van der Waals surface area contributed by atoms with Crippen molar-refractivity contribution in [2.75, 3.05) is 31.1 Å². The van der Waals surface area contributed by atoms with Crippen LogP contribution in [0.1, 0.15) is 0 Å². The molecule has 8 heteroatoms. The van der Waals surface area contributed by atoms with E-state index in [9.17, 15) is 8.42 Å². The van der Waals surface area contributed by atoms with Crippen LogP contribution in [0.25, 0.3) is 0 Å². The third-order valence-corrected chi connectivity index (χ3v) is 7.40. The van der Waals surface area contributed by atoms with Crippen LogP contribution in [0.3, 0.4) is 0 Å². The first-order chi connectivity index (χ1) is 10.5. The normalized spacial score (nSPS) is 16.9. The van der Waals surface area contributed by atoms with E-state index in [0.29, 0.717) is 40.4 Å². The lowest BCUT2D eigenvalue weighted by Crippen LogP contribution is -2.48. The molecule has 1 fully saturated rings. The molecule has 4 nitrogen and oxygen atoms in total. The summed E-state index contributed by atoms with van der Waals surface area (Å²) in [4.78, 5) is 2.06. The first-order valence-corrected chi connectivity index (χ1v) is 9.80. The number of benzene rings is 1. The van der Waals surface area contributed by atoms with Crippen molar-refractivity contribution >= 4 is 50.2 Å². The Labute approximate surface area is 143 Å².